The predicted molar refractivity (Wildman–Crippen MR) is 91.3 cm³/mol. The van der Waals surface area contributed by atoms with E-state index >= 15 is 0 Å². The second-order valence-electron chi connectivity index (χ2n) is 6.99. The molecule has 0 aliphatic carbocycles. The number of hydrogen-bond donors (Lipinski definition) is 1. The molecule has 2 heterocycles. The molecule has 1 saturated heterocycles. The SMILES string of the molecule is CC1CCN(C(=O)C(C)(C)c2c[nH]c3cc(Cl)ccc23)CC1. The maximum absolute atomic E-state index is 13.0. The zero-order valence-corrected chi connectivity index (χ0v) is 14.2. The van der Waals surface area contributed by atoms with Gasteiger partial charge in [-0.3, -0.25) is 4.79 Å². The maximum Gasteiger partial charge on any atom is 0.232 e. The lowest BCUT2D eigenvalue weighted by Gasteiger charge is -2.36. The van der Waals surface area contributed by atoms with Crippen molar-refractivity contribution in [1.29, 1.82) is 0 Å². The molecule has 3 nitrogen and oxygen atoms in total. The van der Waals surface area contributed by atoms with E-state index in [1.54, 1.807) is 0 Å². The predicted octanol–water partition coefficient (Wildman–Crippen LogP) is 4.36. The summed E-state index contributed by atoms with van der Waals surface area (Å²) < 4.78 is 0. The highest BCUT2D eigenvalue weighted by atomic mass is 35.5. The molecule has 1 fully saturated rings. The number of aromatic nitrogens is 1. The fourth-order valence-electron chi connectivity index (χ4n) is 3.34. The van der Waals surface area contributed by atoms with Gasteiger partial charge in [0, 0.05) is 35.2 Å². The standard InChI is InChI=1S/C18H23ClN2O/c1-12-6-8-21(9-7-12)17(22)18(2,3)15-11-20-16-10-13(19)4-5-14(15)16/h4-5,10-12,20H,6-9H2,1-3H3. The molecular weight excluding hydrogens is 296 g/mol. The van der Waals surface area contributed by atoms with Crippen LogP contribution in [0.2, 0.25) is 5.02 Å². The molecule has 1 aromatic heterocycles. The van der Waals surface area contributed by atoms with Gasteiger partial charge in [0.15, 0.2) is 0 Å². The molecular formula is C18H23ClN2O. The summed E-state index contributed by atoms with van der Waals surface area (Å²) in [5.41, 5.74) is 1.49. The summed E-state index contributed by atoms with van der Waals surface area (Å²) in [7, 11) is 0. The van der Waals surface area contributed by atoms with Gasteiger partial charge >= 0.3 is 0 Å². The van der Waals surface area contributed by atoms with Crippen molar-refractivity contribution in [3.63, 3.8) is 0 Å². The molecule has 0 spiro atoms. The van der Waals surface area contributed by atoms with Gasteiger partial charge in [-0.2, -0.15) is 0 Å². The van der Waals surface area contributed by atoms with E-state index in [-0.39, 0.29) is 5.91 Å². The van der Waals surface area contributed by atoms with Crippen LogP contribution in [0.3, 0.4) is 0 Å². The van der Waals surface area contributed by atoms with E-state index in [4.69, 9.17) is 11.6 Å². The van der Waals surface area contributed by atoms with Crippen LogP contribution in [0, 0.1) is 5.92 Å². The Labute approximate surface area is 136 Å². The number of carbonyl (C=O) groups is 1. The van der Waals surface area contributed by atoms with Crippen molar-refractivity contribution in [3.05, 3.63) is 35.0 Å². The highest BCUT2D eigenvalue weighted by Crippen LogP contribution is 2.34. The van der Waals surface area contributed by atoms with E-state index in [1.165, 1.54) is 0 Å². The number of fused-ring (bicyclic) bond motifs is 1. The maximum atomic E-state index is 13.0. The zero-order chi connectivity index (χ0) is 15.9. The van der Waals surface area contributed by atoms with Crippen LogP contribution in [0.25, 0.3) is 10.9 Å². The van der Waals surface area contributed by atoms with Gasteiger partial charge in [-0.05, 0) is 50.3 Å². The fraction of sp³-hybridized carbons (Fsp3) is 0.500. The summed E-state index contributed by atoms with van der Waals surface area (Å²) in [6, 6.07) is 5.78. The summed E-state index contributed by atoms with van der Waals surface area (Å²) in [6.45, 7) is 8.04. The summed E-state index contributed by atoms with van der Waals surface area (Å²) in [6.07, 6.45) is 4.15. The zero-order valence-electron chi connectivity index (χ0n) is 13.4. The van der Waals surface area contributed by atoms with Gasteiger partial charge in [-0.25, -0.2) is 0 Å². The Balaban J connectivity index is 1.92. The third-order valence-electron chi connectivity index (χ3n) is 4.92. The Kier molecular flexibility index (Phi) is 3.94. The first-order valence-corrected chi connectivity index (χ1v) is 8.34. The van der Waals surface area contributed by atoms with Gasteiger partial charge in [-0.15, -0.1) is 0 Å². The number of nitrogens with one attached hydrogen (secondary N) is 1. The molecule has 1 aliphatic heterocycles. The van der Waals surface area contributed by atoms with E-state index in [0.29, 0.717) is 5.02 Å². The Morgan fingerprint density at radius 1 is 1.32 bits per heavy atom. The molecule has 2 aromatic rings. The Bertz CT molecular complexity index is 696. The second-order valence-corrected chi connectivity index (χ2v) is 7.43. The molecule has 22 heavy (non-hydrogen) atoms. The van der Waals surface area contributed by atoms with Crippen LogP contribution in [-0.4, -0.2) is 28.9 Å². The molecule has 1 aromatic carbocycles. The Morgan fingerprint density at radius 3 is 2.68 bits per heavy atom. The molecule has 0 bridgehead atoms. The number of benzene rings is 1. The van der Waals surface area contributed by atoms with E-state index in [2.05, 4.69) is 11.9 Å². The highest BCUT2D eigenvalue weighted by molar-refractivity contribution is 6.31. The number of hydrogen-bond acceptors (Lipinski definition) is 1. The Morgan fingerprint density at radius 2 is 2.00 bits per heavy atom. The van der Waals surface area contributed by atoms with Crippen molar-refractivity contribution in [2.24, 2.45) is 5.92 Å². The van der Waals surface area contributed by atoms with E-state index < -0.39 is 5.41 Å². The average Bonchev–Trinajstić information content (AvgIpc) is 2.91. The van der Waals surface area contributed by atoms with Crippen molar-refractivity contribution in [3.8, 4) is 0 Å². The number of rotatable bonds is 2. The van der Waals surface area contributed by atoms with Crippen LogP contribution in [0.5, 0.6) is 0 Å². The lowest BCUT2D eigenvalue weighted by atomic mass is 9.82. The minimum absolute atomic E-state index is 0.218. The third-order valence-corrected chi connectivity index (χ3v) is 5.16. The summed E-state index contributed by atoms with van der Waals surface area (Å²) >= 11 is 6.04. The minimum Gasteiger partial charge on any atom is -0.361 e. The first-order chi connectivity index (χ1) is 10.4. The first kappa shape index (κ1) is 15.4. The molecule has 4 heteroatoms. The van der Waals surface area contributed by atoms with Crippen molar-refractivity contribution >= 4 is 28.4 Å². The number of amides is 1. The summed E-state index contributed by atoms with van der Waals surface area (Å²) in [4.78, 5) is 18.3. The highest BCUT2D eigenvalue weighted by Gasteiger charge is 2.36. The number of H-pyrrole nitrogens is 1. The minimum atomic E-state index is -0.535. The lowest BCUT2D eigenvalue weighted by molar-refractivity contribution is -0.137. The number of carbonyl (C=O) groups excluding carboxylic acids is 1. The number of halogens is 1. The molecule has 0 radical (unpaired) electrons. The Hall–Kier alpha value is -1.48. The molecule has 0 atom stereocenters. The van der Waals surface area contributed by atoms with Gasteiger partial charge in [0.25, 0.3) is 0 Å². The summed E-state index contributed by atoms with van der Waals surface area (Å²) in [5, 5.41) is 1.78. The normalized spacial score (nSPS) is 17.2. The van der Waals surface area contributed by atoms with Crippen LogP contribution < -0.4 is 0 Å². The van der Waals surface area contributed by atoms with Crippen LogP contribution in [0.1, 0.15) is 39.2 Å². The first-order valence-electron chi connectivity index (χ1n) is 7.96. The van der Waals surface area contributed by atoms with Crippen molar-refractivity contribution in [2.45, 2.75) is 39.0 Å². The van der Waals surface area contributed by atoms with Crippen LogP contribution in [-0.2, 0) is 10.2 Å². The van der Waals surface area contributed by atoms with Gasteiger partial charge < -0.3 is 9.88 Å². The van der Waals surface area contributed by atoms with E-state index in [1.807, 2.05) is 43.1 Å². The van der Waals surface area contributed by atoms with Crippen LogP contribution >= 0.6 is 11.6 Å². The molecule has 1 N–H and O–H groups in total. The number of piperidine rings is 1. The lowest BCUT2D eigenvalue weighted by Crippen LogP contribution is -2.46. The van der Waals surface area contributed by atoms with Crippen LogP contribution in [0.15, 0.2) is 24.4 Å². The fourth-order valence-corrected chi connectivity index (χ4v) is 3.51. The number of nitrogens with zero attached hydrogens (tertiary/aromatic N) is 1. The second kappa shape index (κ2) is 5.62. The average molecular weight is 319 g/mol. The van der Waals surface area contributed by atoms with Crippen LogP contribution in [0.4, 0.5) is 0 Å². The van der Waals surface area contributed by atoms with Gasteiger partial charge in [0.2, 0.25) is 5.91 Å². The molecule has 1 amide bonds. The van der Waals surface area contributed by atoms with E-state index in [0.717, 1.165) is 48.3 Å². The largest absolute Gasteiger partial charge is 0.361 e. The third kappa shape index (κ3) is 2.63. The van der Waals surface area contributed by atoms with Gasteiger partial charge in [0.1, 0.15) is 0 Å². The van der Waals surface area contributed by atoms with Crippen molar-refractivity contribution in [1.82, 2.24) is 9.88 Å². The summed E-state index contributed by atoms with van der Waals surface area (Å²) in [5.74, 6) is 0.942. The van der Waals surface area contributed by atoms with Gasteiger partial charge in [0.05, 0.1) is 5.41 Å². The number of aromatic amines is 1. The molecule has 118 valence electrons. The number of likely N-dealkylation sites (tertiary alicyclic amines) is 1. The smallest absolute Gasteiger partial charge is 0.232 e. The van der Waals surface area contributed by atoms with Gasteiger partial charge in [-0.1, -0.05) is 24.6 Å². The van der Waals surface area contributed by atoms with Crippen molar-refractivity contribution in [2.75, 3.05) is 13.1 Å². The topological polar surface area (TPSA) is 36.1 Å². The molecule has 0 saturated carbocycles. The molecule has 0 unspecified atom stereocenters. The van der Waals surface area contributed by atoms with Crippen molar-refractivity contribution < 1.29 is 4.79 Å². The molecule has 1 aliphatic rings. The van der Waals surface area contributed by atoms with E-state index in [9.17, 15) is 4.79 Å². The molecule has 3 rings (SSSR count). The quantitative estimate of drug-likeness (QED) is 0.877. The monoisotopic (exact) mass is 318 g/mol.